The van der Waals surface area contributed by atoms with Gasteiger partial charge in [0, 0.05) is 9.45 Å². The van der Waals surface area contributed by atoms with Crippen molar-refractivity contribution in [2.24, 2.45) is 0 Å². The molecule has 0 N–H and O–H groups in total. The highest BCUT2D eigenvalue weighted by atomic mass is 127. The minimum absolute atomic E-state index is 0.0536. The second-order valence-corrected chi connectivity index (χ2v) is 4.51. The zero-order chi connectivity index (χ0) is 13.4. The first-order valence-corrected chi connectivity index (χ1v) is 5.72. The van der Waals surface area contributed by atoms with Crippen molar-refractivity contribution in [2.45, 2.75) is 18.2 Å². The molecule has 0 fully saturated rings. The van der Waals surface area contributed by atoms with Gasteiger partial charge in [-0.1, -0.05) is 0 Å². The lowest BCUT2D eigenvalue weighted by Crippen LogP contribution is -2.19. The molecule has 0 atom stereocenters. The van der Waals surface area contributed by atoms with Crippen LogP contribution in [0.4, 0.5) is 26.3 Å². The molecule has 0 bridgehead atoms. The average molecular weight is 388 g/mol. The van der Waals surface area contributed by atoms with Gasteiger partial charge in [0.1, 0.15) is 0 Å². The molecule has 0 heterocycles. The molecule has 17 heavy (non-hydrogen) atoms. The van der Waals surface area contributed by atoms with Crippen LogP contribution in [0.25, 0.3) is 0 Å². The third-order valence-electron chi connectivity index (χ3n) is 1.98. The predicted octanol–water partition coefficient (Wildman–Crippen LogP) is 5.07. The van der Waals surface area contributed by atoms with Crippen LogP contribution in [0.2, 0.25) is 0 Å². The molecule has 0 aliphatic rings. The minimum atomic E-state index is -5.09. The van der Waals surface area contributed by atoms with Crippen molar-refractivity contribution in [3.05, 3.63) is 32.4 Å². The summed E-state index contributed by atoms with van der Waals surface area (Å²) in [5.41, 5.74) is -3.96. The highest BCUT2D eigenvalue weighted by Crippen LogP contribution is 2.43. The van der Waals surface area contributed by atoms with Crippen LogP contribution in [0.15, 0.2) is 12.1 Å². The summed E-state index contributed by atoms with van der Waals surface area (Å²) in [5, 5.41) is 0. The standard InChI is InChI=1S/C9H4ClF6I/c10-3-4-6(17)2-1-5(8(11,12)13)7(4)9(14,15)16/h1-2H,3H2. The fraction of sp³-hybridized carbons (Fsp3) is 0.333. The zero-order valence-corrected chi connectivity index (χ0v) is 10.8. The summed E-state index contributed by atoms with van der Waals surface area (Å²) in [6.07, 6.45) is -10.1. The first-order valence-electron chi connectivity index (χ1n) is 4.10. The van der Waals surface area contributed by atoms with Gasteiger partial charge in [0.2, 0.25) is 0 Å². The van der Waals surface area contributed by atoms with Gasteiger partial charge in [-0.3, -0.25) is 0 Å². The number of hydrogen-bond acceptors (Lipinski definition) is 0. The Morgan fingerprint density at radius 2 is 1.53 bits per heavy atom. The van der Waals surface area contributed by atoms with Gasteiger partial charge in [-0.15, -0.1) is 11.6 Å². The van der Waals surface area contributed by atoms with E-state index in [1.807, 2.05) is 0 Å². The second-order valence-electron chi connectivity index (χ2n) is 3.08. The zero-order valence-electron chi connectivity index (χ0n) is 7.89. The van der Waals surface area contributed by atoms with Crippen LogP contribution >= 0.6 is 34.2 Å². The molecular formula is C9H4ClF6I. The van der Waals surface area contributed by atoms with E-state index in [1.165, 1.54) is 22.6 Å². The van der Waals surface area contributed by atoms with Gasteiger partial charge in [0.05, 0.1) is 11.1 Å². The Morgan fingerprint density at radius 1 is 1.00 bits per heavy atom. The first kappa shape index (κ1) is 14.9. The molecule has 0 aliphatic heterocycles. The normalized spacial score (nSPS) is 12.9. The maximum Gasteiger partial charge on any atom is 0.417 e. The van der Waals surface area contributed by atoms with Crippen LogP contribution in [0, 0.1) is 3.57 Å². The summed E-state index contributed by atoms with van der Waals surface area (Å²) in [6, 6.07) is 1.39. The molecule has 0 unspecified atom stereocenters. The molecular weight excluding hydrogens is 384 g/mol. The maximum absolute atomic E-state index is 12.6. The van der Waals surface area contributed by atoms with E-state index in [9.17, 15) is 26.3 Å². The minimum Gasteiger partial charge on any atom is -0.166 e. The van der Waals surface area contributed by atoms with Gasteiger partial charge in [0.15, 0.2) is 0 Å². The summed E-state index contributed by atoms with van der Waals surface area (Å²) in [6.45, 7) is 0. The topological polar surface area (TPSA) is 0 Å². The Hall–Kier alpha value is -0.180. The molecule has 0 saturated carbocycles. The van der Waals surface area contributed by atoms with Crippen LogP contribution < -0.4 is 0 Å². The maximum atomic E-state index is 12.6. The van der Waals surface area contributed by atoms with Crippen molar-refractivity contribution in [3.63, 3.8) is 0 Å². The monoisotopic (exact) mass is 388 g/mol. The summed E-state index contributed by atoms with van der Waals surface area (Å²) in [4.78, 5) is 0. The molecule has 0 aliphatic carbocycles. The summed E-state index contributed by atoms with van der Waals surface area (Å²) in [5.74, 6) is -0.628. The van der Waals surface area contributed by atoms with Gasteiger partial charge < -0.3 is 0 Å². The van der Waals surface area contributed by atoms with E-state index >= 15 is 0 Å². The largest absolute Gasteiger partial charge is 0.417 e. The summed E-state index contributed by atoms with van der Waals surface area (Å²) < 4.78 is 75.4. The van der Waals surface area contributed by atoms with Crippen molar-refractivity contribution in [2.75, 3.05) is 0 Å². The van der Waals surface area contributed by atoms with E-state index < -0.39 is 34.9 Å². The van der Waals surface area contributed by atoms with Crippen LogP contribution in [0.5, 0.6) is 0 Å². The molecule has 1 aromatic carbocycles. The van der Waals surface area contributed by atoms with E-state index in [0.29, 0.717) is 6.07 Å². The molecule has 0 nitrogen and oxygen atoms in total. The Bertz CT molecular complexity index is 423. The van der Waals surface area contributed by atoms with Crippen molar-refractivity contribution >= 4 is 34.2 Å². The third-order valence-corrected chi connectivity index (χ3v) is 3.26. The number of benzene rings is 1. The average Bonchev–Trinajstić information content (AvgIpc) is 2.13. The highest BCUT2D eigenvalue weighted by molar-refractivity contribution is 14.1. The second kappa shape index (κ2) is 4.83. The number of rotatable bonds is 1. The van der Waals surface area contributed by atoms with Gasteiger partial charge >= 0.3 is 12.4 Å². The smallest absolute Gasteiger partial charge is 0.166 e. The predicted molar refractivity (Wildman–Crippen MR) is 58.7 cm³/mol. The lowest BCUT2D eigenvalue weighted by atomic mass is 10.0. The quantitative estimate of drug-likeness (QED) is 0.358. The van der Waals surface area contributed by atoms with E-state index in [1.54, 1.807) is 0 Å². The molecule has 1 rings (SSSR count). The molecule has 0 saturated heterocycles. The van der Waals surface area contributed by atoms with Gasteiger partial charge in [-0.2, -0.15) is 26.3 Å². The number of hydrogen-bond donors (Lipinski definition) is 0. The van der Waals surface area contributed by atoms with E-state index in [0.717, 1.165) is 6.07 Å². The fourth-order valence-corrected chi connectivity index (χ4v) is 2.46. The molecule has 0 aromatic heterocycles. The van der Waals surface area contributed by atoms with Crippen LogP contribution in [0.3, 0.4) is 0 Å². The van der Waals surface area contributed by atoms with Crippen molar-refractivity contribution in [3.8, 4) is 0 Å². The van der Waals surface area contributed by atoms with E-state index in [2.05, 4.69) is 0 Å². The van der Waals surface area contributed by atoms with Crippen LogP contribution in [-0.4, -0.2) is 0 Å². The van der Waals surface area contributed by atoms with Gasteiger partial charge in [-0.05, 0) is 40.3 Å². The van der Waals surface area contributed by atoms with Gasteiger partial charge in [0.25, 0.3) is 0 Å². The lowest BCUT2D eigenvalue weighted by molar-refractivity contribution is -0.162. The molecule has 96 valence electrons. The number of alkyl halides is 7. The number of halogens is 8. The van der Waals surface area contributed by atoms with Crippen molar-refractivity contribution < 1.29 is 26.3 Å². The van der Waals surface area contributed by atoms with Gasteiger partial charge in [-0.25, -0.2) is 0 Å². The SMILES string of the molecule is FC(F)(F)c1ccc(I)c(CCl)c1C(F)(F)F. The Balaban J connectivity index is 3.64. The fourth-order valence-electron chi connectivity index (χ4n) is 1.31. The van der Waals surface area contributed by atoms with Crippen molar-refractivity contribution in [1.82, 2.24) is 0 Å². The highest BCUT2D eigenvalue weighted by Gasteiger charge is 2.45. The Kier molecular flexibility index (Phi) is 4.23. The molecule has 0 radical (unpaired) electrons. The summed E-state index contributed by atoms with van der Waals surface area (Å²) >= 11 is 6.81. The summed E-state index contributed by atoms with van der Waals surface area (Å²) in [7, 11) is 0. The van der Waals surface area contributed by atoms with Crippen LogP contribution in [-0.2, 0) is 18.2 Å². The van der Waals surface area contributed by atoms with E-state index in [-0.39, 0.29) is 3.57 Å². The molecule has 0 amide bonds. The van der Waals surface area contributed by atoms with Crippen LogP contribution in [0.1, 0.15) is 16.7 Å². The molecule has 0 spiro atoms. The molecule has 8 heteroatoms. The lowest BCUT2D eigenvalue weighted by Gasteiger charge is -2.19. The Labute approximate surface area is 111 Å². The first-order chi connectivity index (χ1) is 7.59. The van der Waals surface area contributed by atoms with Crippen molar-refractivity contribution in [1.29, 1.82) is 0 Å². The van der Waals surface area contributed by atoms with E-state index in [4.69, 9.17) is 11.6 Å². The molecule has 1 aromatic rings. The Morgan fingerprint density at radius 3 is 1.88 bits per heavy atom. The third kappa shape index (κ3) is 3.18.